The molecule has 5 nitrogen and oxygen atoms in total. The van der Waals surface area contributed by atoms with Gasteiger partial charge in [-0.3, -0.25) is 14.5 Å². The molecule has 4 rings (SSSR count). The molecule has 176 valence electrons. The van der Waals surface area contributed by atoms with E-state index in [-0.39, 0.29) is 23.7 Å². The van der Waals surface area contributed by atoms with Crippen molar-refractivity contribution >= 4 is 40.6 Å². The molecular formula is C29H26N2O3S. The minimum Gasteiger partial charge on any atom is -0.484 e. The molecule has 0 saturated heterocycles. The normalized spacial score (nSPS) is 11.3. The van der Waals surface area contributed by atoms with Crippen molar-refractivity contribution in [1.29, 1.82) is 0 Å². The minimum atomic E-state index is -0.324. The van der Waals surface area contributed by atoms with E-state index in [1.165, 1.54) is 11.8 Å². The molecule has 35 heavy (non-hydrogen) atoms. The fraction of sp³-hybridized carbons (Fsp3) is 0.103. The Balaban J connectivity index is 1.37. The highest BCUT2D eigenvalue weighted by Crippen LogP contribution is 2.31. The smallest absolute Gasteiger partial charge is 0.262 e. The van der Waals surface area contributed by atoms with Crippen molar-refractivity contribution in [2.75, 3.05) is 16.8 Å². The zero-order valence-electron chi connectivity index (χ0n) is 19.3. The maximum atomic E-state index is 13.5. The van der Waals surface area contributed by atoms with Crippen LogP contribution in [-0.2, 0) is 9.59 Å². The van der Waals surface area contributed by atoms with Crippen LogP contribution in [0, 0.1) is 0 Å². The third kappa shape index (κ3) is 6.74. The molecule has 0 saturated carbocycles. The Bertz CT molecular complexity index is 1190. The van der Waals surface area contributed by atoms with Gasteiger partial charge in [-0.25, -0.2) is 0 Å². The molecule has 0 heterocycles. The number of amides is 2. The van der Waals surface area contributed by atoms with Crippen LogP contribution >= 0.6 is 11.8 Å². The number of hydrogen-bond donors (Lipinski definition) is 1. The second-order valence-electron chi connectivity index (χ2n) is 7.78. The third-order valence-electron chi connectivity index (χ3n) is 5.16. The van der Waals surface area contributed by atoms with Crippen molar-refractivity contribution in [2.45, 2.75) is 17.1 Å². The van der Waals surface area contributed by atoms with Crippen molar-refractivity contribution in [2.24, 2.45) is 0 Å². The first-order chi connectivity index (χ1) is 17.1. The van der Waals surface area contributed by atoms with Gasteiger partial charge in [0.2, 0.25) is 5.91 Å². The number of carbonyl (C=O) groups is 2. The van der Waals surface area contributed by atoms with E-state index in [1.807, 2.05) is 110 Å². The van der Waals surface area contributed by atoms with Gasteiger partial charge in [-0.05, 0) is 67.6 Å². The quantitative estimate of drug-likeness (QED) is 0.275. The molecule has 0 bridgehead atoms. The molecule has 0 radical (unpaired) electrons. The third-order valence-corrected chi connectivity index (χ3v) is 6.26. The zero-order valence-corrected chi connectivity index (χ0v) is 20.2. The molecular weight excluding hydrogens is 456 g/mol. The van der Waals surface area contributed by atoms with Crippen molar-refractivity contribution in [3.8, 4) is 5.75 Å². The van der Waals surface area contributed by atoms with Crippen LogP contribution < -0.4 is 15.0 Å². The lowest BCUT2D eigenvalue weighted by atomic mass is 10.2. The lowest BCUT2D eigenvalue weighted by Crippen LogP contribution is -2.32. The standard InChI is InChI=1S/C29H26N2O3S/c1-22(29(33)31(24-11-5-2-6-12-24)25-13-7-3-8-14-25)35-27-19-17-23(18-20-27)30-28(32)21-34-26-15-9-4-10-16-26/h2-20,22H,21H2,1H3,(H,30,32). The first kappa shape index (κ1) is 24.1. The molecule has 2 amide bonds. The number of nitrogens with zero attached hydrogens (tertiary/aromatic N) is 1. The van der Waals surface area contributed by atoms with Gasteiger partial charge in [0, 0.05) is 22.0 Å². The average Bonchev–Trinajstić information content (AvgIpc) is 2.90. The van der Waals surface area contributed by atoms with E-state index < -0.39 is 0 Å². The van der Waals surface area contributed by atoms with E-state index >= 15 is 0 Å². The molecule has 0 aliphatic rings. The van der Waals surface area contributed by atoms with Gasteiger partial charge in [-0.15, -0.1) is 11.8 Å². The minimum absolute atomic E-state index is 0.0113. The summed E-state index contributed by atoms with van der Waals surface area (Å²) in [7, 11) is 0. The van der Waals surface area contributed by atoms with E-state index in [2.05, 4.69) is 5.32 Å². The predicted octanol–water partition coefficient (Wildman–Crippen LogP) is 6.55. The second kappa shape index (κ2) is 11.9. The van der Waals surface area contributed by atoms with Crippen molar-refractivity contribution in [3.63, 3.8) is 0 Å². The first-order valence-electron chi connectivity index (χ1n) is 11.3. The van der Waals surface area contributed by atoms with Gasteiger partial charge in [0.1, 0.15) is 5.75 Å². The summed E-state index contributed by atoms with van der Waals surface area (Å²) < 4.78 is 5.48. The Morgan fingerprint density at radius 2 is 1.29 bits per heavy atom. The average molecular weight is 483 g/mol. The molecule has 1 unspecified atom stereocenters. The SMILES string of the molecule is CC(Sc1ccc(NC(=O)COc2ccccc2)cc1)C(=O)N(c1ccccc1)c1ccccc1. The topological polar surface area (TPSA) is 58.6 Å². The largest absolute Gasteiger partial charge is 0.484 e. The van der Waals surface area contributed by atoms with Crippen LogP contribution in [-0.4, -0.2) is 23.7 Å². The Kier molecular flexibility index (Phi) is 8.20. The summed E-state index contributed by atoms with van der Waals surface area (Å²) in [5.74, 6) is 0.398. The summed E-state index contributed by atoms with van der Waals surface area (Å²) in [5, 5.41) is 2.50. The van der Waals surface area contributed by atoms with Crippen LogP contribution in [0.2, 0.25) is 0 Å². The number of nitrogens with one attached hydrogen (secondary N) is 1. The summed E-state index contributed by atoms with van der Waals surface area (Å²) in [6, 6.07) is 36.0. The van der Waals surface area contributed by atoms with Gasteiger partial charge < -0.3 is 10.1 Å². The molecule has 0 fully saturated rings. The van der Waals surface area contributed by atoms with Crippen LogP contribution in [0.3, 0.4) is 0 Å². The fourth-order valence-electron chi connectivity index (χ4n) is 3.47. The first-order valence-corrected chi connectivity index (χ1v) is 12.2. The van der Waals surface area contributed by atoms with Crippen LogP contribution in [0.15, 0.2) is 120 Å². The van der Waals surface area contributed by atoms with Crippen molar-refractivity contribution < 1.29 is 14.3 Å². The van der Waals surface area contributed by atoms with E-state index in [9.17, 15) is 9.59 Å². The Morgan fingerprint density at radius 3 is 1.83 bits per heavy atom. The summed E-state index contributed by atoms with van der Waals surface area (Å²) in [4.78, 5) is 28.4. The molecule has 4 aromatic rings. The lowest BCUT2D eigenvalue weighted by molar-refractivity contribution is -0.118. The van der Waals surface area contributed by atoms with Gasteiger partial charge in [0.25, 0.3) is 5.91 Å². The summed E-state index contributed by atoms with van der Waals surface area (Å²) in [5.41, 5.74) is 2.32. The number of hydrogen-bond acceptors (Lipinski definition) is 4. The van der Waals surface area contributed by atoms with Gasteiger partial charge >= 0.3 is 0 Å². The number of thioether (sulfide) groups is 1. The predicted molar refractivity (Wildman–Crippen MR) is 142 cm³/mol. The number of benzene rings is 4. The van der Waals surface area contributed by atoms with Crippen LogP contribution in [0.1, 0.15) is 6.92 Å². The maximum absolute atomic E-state index is 13.5. The molecule has 0 aromatic heterocycles. The maximum Gasteiger partial charge on any atom is 0.262 e. The summed E-state index contributed by atoms with van der Waals surface area (Å²) >= 11 is 1.48. The highest BCUT2D eigenvalue weighted by molar-refractivity contribution is 8.00. The lowest BCUT2D eigenvalue weighted by Gasteiger charge is -2.26. The molecule has 1 atom stereocenters. The highest BCUT2D eigenvalue weighted by atomic mass is 32.2. The number of anilines is 3. The Morgan fingerprint density at radius 1 is 0.771 bits per heavy atom. The molecule has 4 aromatic carbocycles. The number of rotatable bonds is 9. The molecule has 0 spiro atoms. The summed E-state index contributed by atoms with van der Waals surface area (Å²) in [6.45, 7) is 1.84. The van der Waals surface area contributed by atoms with Gasteiger partial charge in [-0.2, -0.15) is 0 Å². The van der Waals surface area contributed by atoms with Crippen LogP contribution in [0.4, 0.5) is 17.1 Å². The monoisotopic (exact) mass is 482 g/mol. The zero-order chi connectivity index (χ0) is 24.5. The number of para-hydroxylation sites is 3. The molecule has 1 N–H and O–H groups in total. The van der Waals surface area contributed by atoms with Crippen LogP contribution in [0.5, 0.6) is 5.75 Å². The van der Waals surface area contributed by atoms with Gasteiger partial charge in [-0.1, -0.05) is 54.6 Å². The van der Waals surface area contributed by atoms with Crippen molar-refractivity contribution in [3.05, 3.63) is 115 Å². The number of carbonyl (C=O) groups excluding carboxylic acids is 2. The van der Waals surface area contributed by atoms with Gasteiger partial charge in [0.05, 0.1) is 5.25 Å². The molecule has 0 aliphatic carbocycles. The Hall–Kier alpha value is -4.03. The van der Waals surface area contributed by atoms with E-state index in [0.717, 1.165) is 16.3 Å². The van der Waals surface area contributed by atoms with E-state index in [4.69, 9.17) is 4.74 Å². The van der Waals surface area contributed by atoms with E-state index in [1.54, 1.807) is 17.0 Å². The molecule has 0 aliphatic heterocycles. The van der Waals surface area contributed by atoms with Crippen LogP contribution in [0.25, 0.3) is 0 Å². The number of ether oxygens (including phenoxy) is 1. The summed E-state index contributed by atoms with van der Waals surface area (Å²) in [6.07, 6.45) is 0. The fourth-order valence-corrected chi connectivity index (χ4v) is 4.38. The Labute approximate surface area is 209 Å². The highest BCUT2D eigenvalue weighted by Gasteiger charge is 2.24. The van der Waals surface area contributed by atoms with Gasteiger partial charge in [0.15, 0.2) is 6.61 Å². The van der Waals surface area contributed by atoms with E-state index in [0.29, 0.717) is 11.4 Å². The molecule has 6 heteroatoms. The second-order valence-corrected chi connectivity index (χ2v) is 9.19. The van der Waals surface area contributed by atoms with Crippen molar-refractivity contribution in [1.82, 2.24) is 0 Å².